The van der Waals surface area contributed by atoms with Crippen molar-refractivity contribution in [3.8, 4) is 0 Å². The molecule has 3 heterocycles. The fourth-order valence-corrected chi connectivity index (χ4v) is 4.45. The molecule has 0 radical (unpaired) electrons. The van der Waals surface area contributed by atoms with Crippen molar-refractivity contribution in [2.75, 3.05) is 13.1 Å². The fourth-order valence-electron chi connectivity index (χ4n) is 4.45. The number of hydrogen-bond donors (Lipinski definition) is 3. The number of rotatable bonds is 5. The number of nitrogens with zero attached hydrogens (tertiary/aromatic N) is 1. The van der Waals surface area contributed by atoms with Crippen LogP contribution in [-0.4, -0.2) is 53.7 Å². The summed E-state index contributed by atoms with van der Waals surface area (Å²) >= 11 is 0. The number of carbonyl (C=O) groups excluding carboxylic acids is 4. The van der Waals surface area contributed by atoms with E-state index in [4.69, 9.17) is 0 Å². The van der Waals surface area contributed by atoms with E-state index < -0.39 is 23.8 Å². The molecule has 2 saturated heterocycles. The molecule has 8 nitrogen and oxygen atoms in total. The van der Waals surface area contributed by atoms with E-state index >= 15 is 0 Å². The Bertz CT molecular complexity index is 895. The Morgan fingerprint density at radius 3 is 2.66 bits per heavy atom. The van der Waals surface area contributed by atoms with E-state index in [-0.39, 0.29) is 24.2 Å². The van der Waals surface area contributed by atoms with Gasteiger partial charge in [-0.3, -0.25) is 29.4 Å². The highest BCUT2D eigenvalue weighted by Gasteiger charge is 2.45. The van der Waals surface area contributed by atoms with Gasteiger partial charge in [-0.1, -0.05) is 26.0 Å². The first kappa shape index (κ1) is 19.7. The van der Waals surface area contributed by atoms with E-state index in [1.807, 2.05) is 6.07 Å². The summed E-state index contributed by atoms with van der Waals surface area (Å²) in [5.41, 5.74) is 1.62. The van der Waals surface area contributed by atoms with Crippen molar-refractivity contribution >= 4 is 23.6 Å². The average Bonchev–Trinajstić information content (AvgIpc) is 3.13. The molecule has 2 fully saturated rings. The summed E-state index contributed by atoms with van der Waals surface area (Å²) in [5, 5.41) is 9.12. The third kappa shape index (κ3) is 3.47. The maximum absolute atomic E-state index is 13.1. The van der Waals surface area contributed by atoms with Gasteiger partial charge in [-0.05, 0) is 36.4 Å². The third-order valence-corrected chi connectivity index (χ3v) is 6.32. The summed E-state index contributed by atoms with van der Waals surface area (Å²) in [7, 11) is 0. The van der Waals surface area contributed by atoms with Crippen LogP contribution < -0.4 is 16.0 Å². The summed E-state index contributed by atoms with van der Waals surface area (Å²) in [5.74, 6) is -1.91. The molecule has 1 aromatic carbocycles. The van der Waals surface area contributed by atoms with Crippen LogP contribution in [0.1, 0.15) is 59.4 Å². The number of nitrogens with one attached hydrogen (secondary N) is 3. The second-order valence-electron chi connectivity index (χ2n) is 8.66. The highest BCUT2D eigenvalue weighted by Crippen LogP contribution is 2.31. The summed E-state index contributed by atoms with van der Waals surface area (Å²) < 4.78 is 0. The fraction of sp³-hybridized carbons (Fsp3) is 0.524. The van der Waals surface area contributed by atoms with Gasteiger partial charge in [-0.15, -0.1) is 0 Å². The average molecular weight is 398 g/mol. The molecule has 0 spiro atoms. The molecule has 3 aliphatic heterocycles. The standard InChI is InChI=1S/C21H26N4O4/c1-21(2)8-9-23-15(21)11-22-10-12-4-3-5-13-17(12)20(29)25(19(13)28)14-6-7-16(26)24-18(14)27/h3-5,14-15,22-23H,6-11H2,1-2H3,(H,24,26,27). The molecule has 0 aromatic heterocycles. The van der Waals surface area contributed by atoms with Crippen LogP contribution in [0, 0.1) is 5.41 Å². The van der Waals surface area contributed by atoms with Gasteiger partial charge in [0.2, 0.25) is 11.8 Å². The Labute approximate surface area is 169 Å². The first-order valence-corrected chi connectivity index (χ1v) is 10.1. The molecule has 4 amide bonds. The molecule has 2 atom stereocenters. The van der Waals surface area contributed by atoms with Gasteiger partial charge in [-0.2, -0.15) is 0 Å². The van der Waals surface area contributed by atoms with E-state index in [1.54, 1.807) is 12.1 Å². The Balaban J connectivity index is 1.50. The second kappa shape index (κ2) is 7.35. The lowest BCUT2D eigenvalue weighted by Gasteiger charge is -2.28. The van der Waals surface area contributed by atoms with Crippen LogP contribution in [0.25, 0.3) is 0 Å². The van der Waals surface area contributed by atoms with Gasteiger partial charge in [0.15, 0.2) is 0 Å². The quantitative estimate of drug-likeness (QED) is 0.626. The monoisotopic (exact) mass is 398 g/mol. The SMILES string of the molecule is CC1(C)CCNC1CNCc1cccc2c1C(=O)N(C1CCC(=O)NC1=O)C2=O. The molecule has 4 rings (SSSR count). The molecule has 154 valence electrons. The van der Waals surface area contributed by atoms with Crippen LogP contribution >= 0.6 is 0 Å². The second-order valence-corrected chi connectivity index (χ2v) is 8.66. The van der Waals surface area contributed by atoms with Gasteiger partial charge >= 0.3 is 0 Å². The Kier molecular flexibility index (Phi) is 5.00. The van der Waals surface area contributed by atoms with Crippen molar-refractivity contribution in [1.29, 1.82) is 0 Å². The lowest BCUT2D eigenvalue weighted by Crippen LogP contribution is -2.54. The number of benzene rings is 1. The van der Waals surface area contributed by atoms with Crippen LogP contribution in [-0.2, 0) is 16.1 Å². The lowest BCUT2D eigenvalue weighted by atomic mass is 9.85. The third-order valence-electron chi connectivity index (χ3n) is 6.32. The van der Waals surface area contributed by atoms with E-state index in [2.05, 4.69) is 29.8 Å². The van der Waals surface area contributed by atoms with Gasteiger partial charge in [-0.25, -0.2) is 0 Å². The minimum atomic E-state index is -0.940. The van der Waals surface area contributed by atoms with Crippen molar-refractivity contribution < 1.29 is 19.2 Å². The minimum absolute atomic E-state index is 0.113. The van der Waals surface area contributed by atoms with Gasteiger partial charge < -0.3 is 10.6 Å². The van der Waals surface area contributed by atoms with Crippen LogP contribution in [0.3, 0.4) is 0 Å². The molecule has 8 heteroatoms. The van der Waals surface area contributed by atoms with Crippen LogP contribution in [0.5, 0.6) is 0 Å². The van der Waals surface area contributed by atoms with E-state index in [1.165, 1.54) is 0 Å². The molecule has 0 saturated carbocycles. The Hall–Kier alpha value is -2.58. The molecule has 0 aliphatic carbocycles. The van der Waals surface area contributed by atoms with Crippen molar-refractivity contribution in [1.82, 2.24) is 20.9 Å². The topological polar surface area (TPSA) is 108 Å². The molecular formula is C21H26N4O4. The summed E-state index contributed by atoms with van der Waals surface area (Å²) in [6.45, 7) is 6.68. The highest BCUT2D eigenvalue weighted by molar-refractivity contribution is 6.24. The number of fused-ring (bicyclic) bond motifs is 1. The normalized spacial score (nSPS) is 26.1. The van der Waals surface area contributed by atoms with Crippen molar-refractivity contribution in [2.24, 2.45) is 5.41 Å². The first-order chi connectivity index (χ1) is 13.8. The Morgan fingerprint density at radius 2 is 1.97 bits per heavy atom. The minimum Gasteiger partial charge on any atom is -0.312 e. The molecule has 3 N–H and O–H groups in total. The van der Waals surface area contributed by atoms with Gasteiger partial charge in [0.1, 0.15) is 6.04 Å². The van der Waals surface area contributed by atoms with Crippen molar-refractivity contribution in [3.63, 3.8) is 0 Å². The summed E-state index contributed by atoms with van der Waals surface area (Å²) in [6, 6.07) is 4.61. The number of hydrogen-bond acceptors (Lipinski definition) is 6. The van der Waals surface area contributed by atoms with Crippen LogP contribution in [0.4, 0.5) is 0 Å². The zero-order valence-corrected chi connectivity index (χ0v) is 16.7. The van der Waals surface area contributed by atoms with E-state index in [0.29, 0.717) is 23.7 Å². The van der Waals surface area contributed by atoms with Crippen LogP contribution in [0.15, 0.2) is 18.2 Å². The summed E-state index contributed by atoms with van der Waals surface area (Å²) in [6.07, 6.45) is 1.39. The molecular weight excluding hydrogens is 372 g/mol. The molecule has 0 bridgehead atoms. The number of carbonyl (C=O) groups is 4. The molecule has 29 heavy (non-hydrogen) atoms. The van der Waals surface area contributed by atoms with Gasteiger partial charge in [0.25, 0.3) is 11.8 Å². The number of piperidine rings is 1. The number of amides is 4. The van der Waals surface area contributed by atoms with E-state index in [0.717, 1.165) is 30.0 Å². The van der Waals surface area contributed by atoms with Crippen molar-refractivity contribution in [3.05, 3.63) is 34.9 Å². The van der Waals surface area contributed by atoms with Crippen molar-refractivity contribution in [2.45, 2.75) is 51.7 Å². The van der Waals surface area contributed by atoms with E-state index in [9.17, 15) is 19.2 Å². The molecule has 1 aromatic rings. The Morgan fingerprint density at radius 1 is 1.17 bits per heavy atom. The zero-order valence-electron chi connectivity index (χ0n) is 16.7. The number of imide groups is 2. The van der Waals surface area contributed by atoms with Crippen LogP contribution in [0.2, 0.25) is 0 Å². The van der Waals surface area contributed by atoms with Gasteiger partial charge in [0, 0.05) is 25.6 Å². The smallest absolute Gasteiger partial charge is 0.262 e. The maximum Gasteiger partial charge on any atom is 0.262 e. The maximum atomic E-state index is 13.1. The predicted octanol–water partition coefficient (Wildman–Crippen LogP) is 0.566. The highest BCUT2D eigenvalue weighted by atomic mass is 16.2. The lowest BCUT2D eigenvalue weighted by molar-refractivity contribution is -0.136. The van der Waals surface area contributed by atoms with Gasteiger partial charge in [0.05, 0.1) is 11.1 Å². The zero-order chi connectivity index (χ0) is 20.8. The predicted molar refractivity (Wildman–Crippen MR) is 105 cm³/mol. The first-order valence-electron chi connectivity index (χ1n) is 10.1. The summed E-state index contributed by atoms with van der Waals surface area (Å²) in [4.78, 5) is 50.6. The molecule has 3 aliphatic rings. The largest absolute Gasteiger partial charge is 0.312 e. The molecule has 2 unspecified atom stereocenters.